The Bertz CT molecular complexity index is 1100. The van der Waals surface area contributed by atoms with Crippen molar-refractivity contribution in [3.8, 4) is 17.0 Å². The predicted molar refractivity (Wildman–Crippen MR) is 102 cm³/mol. The fourth-order valence-corrected chi connectivity index (χ4v) is 3.51. The molecule has 0 spiro atoms. The van der Waals surface area contributed by atoms with Gasteiger partial charge in [0, 0.05) is 12.1 Å². The Labute approximate surface area is 162 Å². The van der Waals surface area contributed by atoms with Crippen molar-refractivity contribution in [2.24, 2.45) is 0 Å². The largest absolute Gasteiger partial charge is 0.497 e. The zero-order chi connectivity index (χ0) is 19.7. The second-order valence-electron chi connectivity index (χ2n) is 6.03. The van der Waals surface area contributed by atoms with Crippen LogP contribution in [0.1, 0.15) is 11.1 Å². The van der Waals surface area contributed by atoms with Gasteiger partial charge in [0.1, 0.15) is 5.75 Å². The summed E-state index contributed by atoms with van der Waals surface area (Å²) in [5.74, 6) is 0.780. The van der Waals surface area contributed by atoms with E-state index in [2.05, 4.69) is 15.4 Å². The van der Waals surface area contributed by atoms with Gasteiger partial charge in [0.05, 0.1) is 24.6 Å². The number of imidazole rings is 1. The molecule has 0 saturated carbocycles. The fraction of sp³-hybridized carbons (Fsp3) is 0.158. The summed E-state index contributed by atoms with van der Waals surface area (Å²) in [6.45, 7) is 0.555. The van der Waals surface area contributed by atoms with Crippen LogP contribution in [0.2, 0.25) is 0 Å². The second-order valence-corrected chi connectivity index (χ2v) is 6.98. The Balaban J connectivity index is 1.57. The fourth-order valence-electron chi connectivity index (χ4n) is 2.74. The quantitative estimate of drug-likeness (QED) is 0.503. The van der Waals surface area contributed by atoms with Gasteiger partial charge in [-0.15, -0.1) is 5.10 Å². The predicted octanol–water partition coefficient (Wildman–Crippen LogP) is 5.10. The van der Waals surface area contributed by atoms with Gasteiger partial charge in [0.2, 0.25) is 10.1 Å². The van der Waals surface area contributed by atoms with Gasteiger partial charge in [-0.1, -0.05) is 35.6 Å². The maximum absolute atomic E-state index is 13.0. The van der Waals surface area contributed by atoms with Gasteiger partial charge in [-0.2, -0.15) is 13.2 Å². The van der Waals surface area contributed by atoms with E-state index in [9.17, 15) is 13.2 Å². The summed E-state index contributed by atoms with van der Waals surface area (Å²) in [6, 6.07) is 12.8. The normalized spacial score (nSPS) is 11.7. The van der Waals surface area contributed by atoms with Crippen molar-refractivity contribution in [3.63, 3.8) is 0 Å². The molecule has 0 unspecified atom stereocenters. The Morgan fingerprint density at radius 1 is 1.14 bits per heavy atom. The smallest absolute Gasteiger partial charge is 0.416 e. The lowest BCUT2D eigenvalue weighted by molar-refractivity contribution is -0.137. The molecule has 0 aliphatic heterocycles. The molecule has 0 fully saturated rings. The van der Waals surface area contributed by atoms with Crippen LogP contribution in [0.15, 0.2) is 54.7 Å². The Morgan fingerprint density at radius 2 is 1.93 bits per heavy atom. The number of alkyl halides is 3. The average Bonchev–Trinajstić information content (AvgIpc) is 3.26. The van der Waals surface area contributed by atoms with Crippen LogP contribution in [0.25, 0.3) is 16.2 Å². The minimum absolute atomic E-state index is 0.411. The molecule has 4 aromatic rings. The Kier molecular flexibility index (Phi) is 4.68. The van der Waals surface area contributed by atoms with Crippen LogP contribution in [0.5, 0.6) is 5.75 Å². The standard InChI is InChI=1S/C19H15F3N4OS/c1-27-15-7-5-12(6-8-15)10-23-17-25-26-16(11-24-18(26)28-17)13-3-2-4-14(9-13)19(20,21)22/h2-9,11H,10H2,1H3,(H,23,25). The summed E-state index contributed by atoms with van der Waals surface area (Å²) < 4.78 is 45.6. The highest BCUT2D eigenvalue weighted by atomic mass is 32.1. The number of halogens is 3. The lowest BCUT2D eigenvalue weighted by Gasteiger charge is -2.08. The van der Waals surface area contributed by atoms with Gasteiger partial charge in [0.25, 0.3) is 0 Å². The van der Waals surface area contributed by atoms with Gasteiger partial charge < -0.3 is 10.1 Å². The molecule has 1 N–H and O–H groups in total. The van der Waals surface area contributed by atoms with Crippen molar-refractivity contribution in [2.75, 3.05) is 12.4 Å². The highest BCUT2D eigenvalue weighted by Gasteiger charge is 2.30. The molecule has 0 atom stereocenters. The number of anilines is 1. The molecule has 4 rings (SSSR count). The highest BCUT2D eigenvalue weighted by molar-refractivity contribution is 7.20. The molecule has 28 heavy (non-hydrogen) atoms. The van der Waals surface area contributed by atoms with E-state index in [-0.39, 0.29) is 0 Å². The van der Waals surface area contributed by atoms with Crippen LogP contribution in [-0.4, -0.2) is 21.7 Å². The molecule has 0 saturated heterocycles. The molecule has 2 heterocycles. The number of aromatic nitrogens is 3. The third kappa shape index (κ3) is 3.65. The van der Waals surface area contributed by atoms with Crippen LogP contribution < -0.4 is 10.1 Å². The maximum Gasteiger partial charge on any atom is 0.416 e. The molecule has 9 heteroatoms. The topological polar surface area (TPSA) is 51.5 Å². The summed E-state index contributed by atoms with van der Waals surface area (Å²) >= 11 is 1.33. The maximum atomic E-state index is 13.0. The van der Waals surface area contributed by atoms with Crippen molar-refractivity contribution < 1.29 is 17.9 Å². The van der Waals surface area contributed by atoms with E-state index in [4.69, 9.17) is 4.74 Å². The first kappa shape index (κ1) is 18.3. The number of hydrogen-bond donors (Lipinski definition) is 1. The minimum Gasteiger partial charge on any atom is -0.497 e. The molecular weight excluding hydrogens is 389 g/mol. The van der Waals surface area contributed by atoms with Crippen LogP contribution in [0, 0.1) is 0 Å². The van der Waals surface area contributed by atoms with Gasteiger partial charge in [-0.3, -0.25) is 0 Å². The third-order valence-electron chi connectivity index (χ3n) is 4.17. The zero-order valence-electron chi connectivity index (χ0n) is 14.7. The van der Waals surface area contributed by atoms with E-state index in [1.807, 2.05) is 24.3 Å². The number of fused-ring (bicyclic) bond motifs is 1. The van der Waals surface area contributed by atoms with Crippen molar-refractivity contribution >= 4 is 21.4 Å². The summed E-state index contributed by atoms with van der Waals surface area (Å²) in [4.78, 5) is 4.87. The number of methoxy groups -OCH3 is 1. The van der Waals surface area contributed by atoms with Gasteiger partial charge >= 0.3 is 6.18 Å². The first-order chi connectivity index (χ1) is 13.4. The third-order valence-corrected chi connectivity index (χ3v) is 5.05. The Hall–Kier alpha value is -3.07. The SMILES string of the molecule is COc1ccc(CNc2nn3c(-c4cccc(C(F)(F)F)c4)cnc3s2)cc1. The van der Waals surface area contributed by atoms with Gasteiger partial charge in [0.15, 0.2) is 0 Å². The van der Waals surface area contributed by atoms with Crippen LogP contribution >= 0.6 is 11.3 Å². The number of hydrogen-bond acceptors (Lipinski definition) is 5. The van der Waals surface area contributed by atoms with E-state index < -0.39 is 11.7 Å². The van der Waals surface area contributed by atoms with Crippen LogP contribution in [0.3, 0.4) is 0 Å². The zero-order valence-corrected chi connectivity index (χ0v) is 15.5. The molecule has 0 radical (unpaired) electrons. The minimum atomic E-state index is -4.40. The van der Waals surface area contributed by atoms with E-state index in [0.29, 0.717) is 27.9 Å². The Morgan fingerprint density at radius 3 is 2.64 bits per heavy atom. The lowest BCUT2D eigenvalue weighted by atomic mass is 10.1. The van der Waals surface area contributed by atoms with Crippen LogP contribution in [-0.2, 0) is 12.7 Å². The lowest BCUT2D eigenvalue weighted by Crippen LogP contribution is -2.04. The van der Waals surface area contributed by atoms with Crippen molar-refractivity contribution in [1.82, 2.24) is 14.6 Å². The average molecular weight is 404 g/mol. The number of nitrogens with one attached hydrogen (secondary N) is 1. The monoisotopic (exact) mass is 404 g/mol. The van der Waals surface area contributed by atoms with E-state index >= 15 is 0 Å². The number of benzene rings is 2. The first-order valence-corrected chi connectivity index (χ1v) is 9.15. The van der Waals surface area contributed by atoms with Crippen molar-refractivity contribution in [2.45, 2.75) is 12.7 Å². The molecule has 5 nitrogen and oxygen atoms in total. The molecule has 0 bridgehead atoms. The second kappa shape index (κ2) is 7.16. The van der Waals surface area contributed by atoms with Crippen LogP contribution in [0.4, 0.5) is 18.3 Å². The number of rotatable bonds is 5. The van der Waals surface area contributed by atoms with Crippen molar-refractivity contribution in [3.05, 3.63) is 65.9 Å². The molecule has 144 valence electrons. The molecule has 0 amide bonds. The highest BCUT2D eigenvalue weighted by Crippen LogP contribution is 2.33. The molecule has 0 aliphatic carbocycles. The number of nitrogens with zero attached hydrogens (tertiary/aromatic N) is 3. The molecule has 0 aliphatic rings. The summed E-state index contributed by atoms with van der Waals surface area (Å²) in [5.41, 5.74) is 1.27. The summed E-state index contributed by atoms with van der Waals surface area (Å²) in [5, 5.41) is 8.29. The first-order valence-electron chi connectivity index (χ1n) is 8.33. The summed E-state index contributed by atoms with van der Waals surface area (Å²) in [6.07, 6.45) is -2.87. The van der Waals surface area contributed by atoms with E-state index in [1.165, 1.54) is 23.6 Å². The van der Waals surface area contributed by atoms with E-state index in [0.717, 1.165) is 23.4 Å². The van der Waals surface area contributed by atoms with E-state index in [1.54, 1.807) is 17.7 Å². The molecule has 2 aromatic carbocycles. The molecule has 2 aromatic heterocycles. The summed E-state index contributed by atoms with van der Waals surface area (Å²) in [7, 11) is 1.61. The van der Waals surface area contributed by atoms with Gasteiger partial charge in [-0.25, -0.2) is 9.50 Å². The van der Waals surface area contributed by atoms with Gasteiger partial charge in [-0.05, 0) is 29.8 Å². The van der Waals surface area contributed by atoms with Crippen molar-refractivity contribution in [1.29, 1.82) is 0 Å². The molecular formula is C19H15F3N4OS. The number of ether oxygens (including phenoxy) is 1.